The zero-order chi connectivity index (χ0) is 11.1. The van der Waals surface area contributed by atoms with Gasteiger partial charge in [0.2, 0.25) is 0 Å². The molecule has 0 amide bonds. The summed E-state index contributed by atoms with van der Waals surface area (Å²) >= 11 is 1.70. The third kappa shape index (κ3) is 4.89. The first kappa shape index (κ1) is 12.8. The van der Waals surface area contributed by atoms with Crippen LogP contribution in [-0.2, 0) is 9.53 Å². The molecule has 1 atom stereocenters. The maximum absolute atomic E-state index is 11.4. The first-order chi connectivity index (χ1) is 7.24. The van der Waals surface area contributed by atoms with E-state index >= 15 is 0 Å². The van der Waals surface area contributed by atoms with Gasteiger partial charge in [0.15, 0.2) is 0 Å². The van der Waals surface area contributed by atoms with Crippen molar-refractivity contribution in [1.82, 2.24) is 0 Å². The van der Waals surface area contributed by atoms with E-state index in [1.165, 1.54) is 19.3 Å². The summed E-state index contributed by atoms with van der Waals surface area (Å²) in [5, 5.41) is 0. The molecule has 0 aromatic rings. The highest BCUT2D eigenvalue weighted by Crippen LogP contribution is 2.29. The summed E-state index contributed by atoms with van der Waals surface area (Å²) in [6, 6.07) is -0.432. The van der Waals surface area contributed by atoms with Crippen LogP contribution in [0.25, 0.3) is 0 Å². The van der Waals surface area contributed by atoms with E-state index in [4.69, 9.17) is 10.5 Å². The maximum Gasteiger partial charge on any atom is 0.322 e. The molecule has 1 rings (SSSR count). The van der Waals surface area contributed by atoms with E-state index in [0.29, 0.717) is 13.0 Å². The smallest absolute Gasteiger partial charge is 0.322 e. The van der Waals surface area contributed by atoms with Crippen molar-refractivity contribution in [3.8, 4) is 0 Å². The quantitative estimate of drug-likeness (QED) is 0.679. The molecule has 3 nitrogen and oxygen atoms in total. The van der Waals surface area contributed by atoms with Gasteiger partial charge in [-0.2, -0.15) is 11.8 Å². The predicted molar refractivity (Wildman–Crippen MR) is 63.9 cm³/mol. The van der Waals surface area contributed by atoms with E-state index in [1.807, 2.05) is 6.26 Å². The van der Waals surface area contributed by atoms with Crippen LogP contribution in [0.5, 0.6) is 0 Å². The van der Waals surface area contributed by atoms with Crippen molar-refractivity contribution in [1.29, 1.82) is 0 Å². The lowest BCUT2D eigenvalue weighted by molar-refractivity contribution is -0.145. The lowest BCUT2D eigenvalue weighted by Crippen LogP contribution is -2.33. The van der Waals surface area contributed by atoms with E-state index in [0.717, 1.165) is 18.1 Å². The zero-order valence-electron chi connectivity index (χ0n) is 9.41. The number of nitrogens with two attached hydrogens (primary N) is 1. The largest absolute Gasteiger partial charge is 0.465 e. The SMILES string of the molecule is CSCC[C@H](N)C(=O)OCCC1CCC1. The van der Waals surface area contributed by atoms with Gasteiger partial charge < -0.3 is 10.5 Å². The van der Waals surface area contributed by atoms with E-state index in [-0.39, 0.29) is 5.97 Å². The molecule has 1 aliphatic rings. The number of carbonyl (C=O) groups is 1. The molecule has 0 bridgehead atoms. The van der Waals surface area contributed by atoms with Crippen LogP contribution in [0.2, 0.25) is 0 Å². The Kier molecular flexibility index (Phi) is 6.10. The molecule has 0 heterocycles. The fraction of sp³-hybridized carbons (Fsp3) is 0.909. The van der Waals surface area contributed by atoms with Crippen molar-refractivity contribution in [3.05, 3.63) is 0 Å². The second kappa shape index (κ2) is 7.12. The van der Waals surface area contributed by atoms with Crippen LogP contribution < -0.4 is 5.73 Å². The number of hydrogen-bond donors (Lipinski definition) is 1. The second-order valence-corrected chi connectivity index (χ2v) is 5.13. The minimum atomic E-state index is -0.432. The summed E-state index contributed by atoms with van der Waals surface area (Å²) in [6.45, 7) is 0.552. The average molecular weight is 231 g/mol. The maximum atomic E-state index is 11.4. The summed E-state index contributed by atoms with van der Waals surface area (Å²) in [5.41, 5.74) is 5.68. The third-order valence-corrected chi connectivity index (χ3v) is 3.57. The standard InChI is InChI=1S/C11H21NO2S/c1-15-8-6-10(12)11(13)14-7-5-9-3-2-4-9/h9-10H,2-8,12H2,1H3/t10-/m0/s1. The van der Waals surface area contributed by atoms with Gasteiger partial charge in [0.1, 0.15) is 6.04 Å². The van der Waals surface area contributed by atoms with Gasteiger partial charge in [0, 0.05) is 0 Å². The molecule has 15 heavy (non-hydrogen) atoms. The lowest BCUT2D eigenvalue weighted by Gasteiger charge is -2.25. The summed E-state index contributed by atoms with van der Waals surface area (Å²) in [5.74, 6) is 1.47. The Morgan fingerprint density at radius 1 is 1.60 bits per heavy atom. The minimum absolute atomic E-state index is 0.233. The molecule has 0 unspecified atom stereocenters. The minimum Gasteiger partial charge on any atom is -0.465 e. The van der Waals surface area contributed by atoms with Gasteiger partial charge in [-0.1, -0.05) is 19.3 Å². The summed E-state index contributed by atoms with van der Waals surface area (Å²) in [4.78, 5) is 11.4. The van der Waals surface area contributed by atoms with Crippen LogP contribution in [0.4, 0.5) is 0 Å². The van der Waals surface area contributed by atoms with Crippen LogP contribution in [0, 0.1) is 5.92 Å². The molecule has 0 spiro atoms. The van der Waals surface area contributed by atoms with Crippen LogP contribution in [0.15, 0.2) is 0 Å². The summed E-state index contributed by atoms with van der Waals surface area (Å²) in [7, 11) is 0. The fourth-order valence-electron chi connectivity index (χ4n) is 1.58. The molecule has 88 valence electrons. The summed E-state index contributed by atoms with van der Waals surface area (Å²) in [6.07, 6.45) is 7.68. The molecular formula is C11H21NO2S. The fourth-order valence-corrected chi connectivity index (χ4v) is 2.07. The Morgan fingerprint density at radius 3 is 2.87 bits per heavy atom. The molecule has 1 fully saturated rings. The second-order valence-electron chi connectivity index (χ2n) is 4.14. The Morgan fingerprint density at radius 2 is 2.33 bits per heavy atom. The number of carbonyl (C=O) groups excluding carboxylic acids is 1. The zero-order valence-corrected chi connectivity index (χ0v) is 10.2. The van der Waals surface area contributed by atoms with Crippen molar-refractivity contribution >= 4 is 17.7 Å². The first-order valence-corrected chi connectivity index (χ1v) is 7.04. The van der Waals surface area contributed by atoms with E-state index < -0.39 is 6.04 Å². The number of hydrogen-bond acceptors (Lipinski definition) is 4. The topological polar surface area (TPSA) is 52.3 Å². The molecule has 0 aliphatic heterocycles. The lowest BCUT2D eigenvalue weighted by atomic mass is 9.83. The monoisotopic (exact) mass is 231 g/mol. The Balaban J connectivity index is 2.00. The van der Waals surface area contributed by atoms with Gasteiger partial charge in [0.25, 0.3) is 0 Å². The first-order valence-electron chi connectivity index (χ1n) is 5.65. The van der Waals surface area contributed by atoms with E-state index in [9.17, 15) is 4.79 Å². The van der Waals surface area contributed by atoms with Crippen molar-refractivity contribution in [2.24, 2.45) is 11.7 Å². The molecule has 2 N–H and O–H groups in total. The van der Waals surface area contributed by atoms with Crippen molar-refractivity contribution in [2.45, 2.75) is 38.1 Å². The number of thioether (sulfide) groups is 1. The van der Waals surface area contributed by atoms with Crippen LogP contribution in [-0.4, -0.2) is 30.6 Å². The Bertz CT molecular complexity index is 195. The number of rotatable bonds is 7. The molecule has 1 saturated carbocycles. The van der Waals surface area contributed by atoms with E-state index in [1.54, 1.807) is 11.8 Å². The van der Waals surface area contributed by atoms with Gasteiger partial charge in [0.05, 0.1) is 6.61 Å². The number of ether oxygens (including phenoxy) is 1. The van der Waals surface area contributed by atoms with Gasteiger partial charge in [-0.25, -0.2) is 0 Å². The van der Waals surface area contributed by atoms with Crippen molar-refractivity contribution in [3.63, 3.8) is 0 Å². The molecule has 0 aromatic heterocycles. The number of esters is 1. The van der Waals surface area contributed by atoms with Crippen LogP contribution in [0.3, 0.4) is 0 Å². The van der Waals surface area contributed by atoms with Gasteiger partial charge >= 0.3 is 5.97 Å². The molecule has 4 heteroatoms. The third-order valence-electron chi connectivity index (χ3n) is 2.93. The predicted octanol–water partition coefficient (Wildman–Crippen LogP) is 1.80. The Hall–Kier alpha value is -0.220. The normalized spacial score (nSPS) is 18.3. The highest BCUT2D eigenvalue weighted by Gasteiger charge is 2.19. The Labute approximate surface area is 96.1 Å². The highest BCUT2D eigenvalue weighted by atomic mass is 32.2. The van der Waals surface area contributed by atoms with Gasteiger partial charge in [-0.15, -0.1) is 0 Å². The van der Waals surface area contributed by atoms with Gasteiger partial charge in [-0.3, -0.25) is 4.79 Å². The average Bonchev–Trinajstić information content (AvgIpc) is 2.17. The van der Waals surface area contributed by atoms with Gasteiger partial charge in [-0.05, 0) is 30.8 Å². The van der Waals surface area contributed by atoms with Crippen LogP contribution in [0.1, 0.15) is 32.1 Å². The van der Waals surface area contributed by atoms with Crippen LogP contribution >= 0.6 is 11.8 Å². The summed E-state index contributed by atoms with van der Waals surface area (Å²) < 4.78 is 5.13. The molecule has 1 aliphatic carbocycles. The molecule has 0 saturated heterocycles. The van der Waals surface area contributed by atoms with Crippen molar-refractivity contribution in [2.75, 3.05) is 18.6 Å². The molecule has 0 aromatic carbocycles. The van der Waals surface area contributed by atoms with Crippen molar-refractivity contribution < 1.29 is 9.53 Å². The van der Waals surface area contributed by atoms with E-state index in [2.05, 4.69) is 0 Å². The highest BCUT2D eigenvalue weighted by molar-refractivity contribution is 7.98. The molecule has 0 radical (unpaired) electrons. The molecular weight excluding hydrogens is 210 g/mol.